The third-order valence-corrected chi connectivity index (χ3v) is 5.76. The van der Waals surface area contributed by atoms with E-state index in [1.807, 2.05) is 20.8 Å². The molecule has 2 aromatic heterocycles. The fraction of sp³-hybridized carbons (Fsp3) is 0.556. The molecule has 3 heterocycles. The number of carbonyl (C=O) groups is 1. The van der Waals surface area contributed by atoms with Crippen molar-refractivity contribution in [2.75, 3.05) is 26.8 Å². The number of hydrogen-bond acceptors (Lipinski definition) is 6. The molecular weight excluding hydrogens is 418 g/mol. The number of urea groups is 1. The Morgan fingerprint density at radius 2 is 2.23 bits per heavy atom. The predicted molar refractivity (Wildman–Crippen MR) is 108 cm³/mol. The van der Waals surface area contributed by atoms with Crippen molar-refractivity contribution in [3.63, 3.8) is 0 Å². The van der Waals surface area contributed by atoms with Gasteiger partial charge in [0.1, 0.15) is 28.0 Å². The molecule has 2 atom stereocenters. The molecule has 2 aromatic rings. The number of aromatic nitrogens is 3. The van der Waals surface area contributed by atoms with Crippen LogP contribution in [0.3, 0.4) is 0 Å². The quantitative estimate of drug-likeness (QED) is 0.544. The van der Waals surface area contributed by atoms with Crippen LogP contribution in [0.15, 0.2) is 22.9 Å². The zero-order valence-corrected chi connectivity index (χ0v) is 17.9. The number of halogens is 2. The predicted octanol–water partition coefficient (Wildman–Crippen LogP) is 1.96. The van der Waals surface area contributed by atoms with Gasteiger partial charge in [-0.25, -0.2) is 23.1 Å². The van der Waals surface area contributed by atoms with Crippen molar-refractivity contribution < 1.29 is 22.9 Å². The molecule has 1 N–H and O–H groups in total. The number of nitrogens with zero attached hydrogens (tertiary/aromatic N) is 5. The number of methoxy groups -OCH3 is 1. The standard InChI is InChI=1S/C18H24F2N6O3S/c1-17(2,3)30(28)23-7-13-8-26-15(24-13)5-12(6-22-26)14(9-29-4)25-11-18(19,20)10-21-16(25)27/h5-8,14H,9-11H2,1-4H3,(H,21,27)/b23-7+/t14-,30+/m1/s1. The highest BCUT2D eigenvalue weighted by Crippen LogP contribution is 2.28. The van der Waals surface area contributed by atoms with Crippen molar-refractivity contribution in [3.05, 3.63) is 29.7 Å². The number of hydrogen-bond donors (Lipinski definition) is 1. The Morgan fingerprint density at radius 3 is 2.90 bits per heavy atom. The number of carbonyl (C=O) groups excluding carboxylic acids is 1. The average Bonchev–Trinajstić information content (AvgIpc) is 3.07. The maximum absolute atomic E-state index is 13.9. The van der Waals surface area contributed by atoms with Gasteiger partial charge in [0.2, 0.25) is 0 Å². The molecule has 30 heavy (non-hydrogen) atoms. The first kappa shape index (κ1) is 22.4. The number of rotatable bonds is 6. The molecule has 12 heteroatoms. The second kappa shape index (κ2) is 8.44. The Labute approximate surface area is 175 Å². The van der Waals surface area contributed by atoms with E-state index in [1.165, 1.54) is 24.0 Å². The van der Waals surface area contributed by atoms with Crippen LogP contribution in [0.1, 0.15) is 38.1 Å². The van der Waals surface area contributed by atoms with Crippen molar-refractivity contribution >= 4 is 29.3 Å². The minimum absolute atomic E-state index is 0.0148. The first-order valence-electron chi connectivity index (χ1n) is 9.23. The zero-order valence-electron chi connectivity index (χ0n) is 17.1. The fourth-order valence-corrected chi connectivity index (χ4v) is 3.39. The zero-order chi connectivity index (χ0) is 22.1. The monoisotopic (exact) mass is 442 g/mol. The maximum Gasteiger partial charge on any atom is 0.318 e. The van der Waals surface area contributed by atoms with Crippen LogP contribution in [0.2, 0.25) is 0 Å². The number of imidazole rings is 1. The molecule has 1 saturated heterocycles. The molecule has 0 bridgehead atoms. The molecule has 1 fully saturated rings. The summed E-state index contributed by atoms with van der Waals surface area (Å²) in [6.45, 7) is 4.04. The van der Waals surface area contributed by atoms with Crippen molar-refractivity contribution in [2.45, 2.75) is 37.5 Å². The largest absolute Gasteiger partial charge is 0.591 e. The first-order valence-corrected chi connectivity index (χ1v) is 10.3. The summed E-state index contributed by atoms with van der Waals surface area (Å²) >= 11 is -1.43. The van der Waals surface area contributed by atoms with Gasteiger partial charge in [-0.3, -0.25) is 0 Å². The highest BCUT2D eigenvalue weighted by molar-refractivity contribution is 7.91. The lowest BCUT2D eigenvalue weighted by molar-refractivity contribution is -0.0509. The van der Waals surface area contributed by atoms with Gasteiger partial charge in [0.05, 0.1) is 38.1 Å². The van der Waals surface area contributed by atoms with E-state index in [4.69, 9.17) is 4.74 Å². The summed E-state index contributed by atoms with van der Waals surface area (Å²) in [4.78, 5) is 17.6. The molecule has 0 unspecified atom stereocenters. The van der Waals surface area contributed by atoms with Crippen molar-refractivity contribution in [1.29, 1.82) is 0 Å². The molecule has 164 valence electrons. The summed E-state index contributed by atoms with van der Waals surface area (Å²) in [7, 11) is 1.43. The van der Waals surface area contributed by atoms with Gasteiger partial charge in [0, 0.05) is 12.7 Å². The van der Waals surface area contributed by atoms with Crippen LogP contribution >= 0.6 is 0 Å². The summed E-state index contributed by atoms with van der Waals surface area (Å²) < 4.78 is 50.0. The lowest BCUT2D eigenvalue weighted by atomic mass is 10.1. The van der Waals surface area contributed by atoms with Crippen LogP contribution < -0.4 is 5.32 Å². The molecule has 1 aliphatic rings. The number of fused-ring (bicyclic) bond motifs is 1. The summed E-state index contributed by atoms with van der Waals surface area (Å²) in [5.41, 5.74) is 1.38. The van der Waals surface area contributed by atoms with Crippen molar-refractivity contribution in [1.82, 2.24) is 24.8 Å². The van der Waals surface area contributed by atoms with Crippen LogP contribution in [0, 0.1) is 0 Å². The van der Waals surface area contributed by atoms with E-state index >= 15 is 0 Å². The van der Waals surface area contributed by atoms with Gasteiger partial charge in [-0.05, 0) is 26.8 Å². The lowest BCUT2D eigenvalue weighted by Crippen LogP contribution is -2.58. The van der Waals surface area contributed by atoms with Gasteiger partial charge in [-0.2, -0.15) is 5.10 Å². The van der Waals surface area contributed by atoms with Crippen LogP contribution in [-0.2, 0) is 16.1 Å². The van der Waals surface area contributed by atoms with E-state index in [2.05, 4.69) is 19.8 Å². The number of ether oxygens (including phenoxy) is 1. The molecule has 0 spiro atoms. The third-order valence-electron chi connectivity index (χ3n) is 4.41. The molecular formula is C18H24F2N6O3S. The van der Waals surface area contributed by atoms with Gasteiger partial charge in [-0.1, -0.05) is 4.40 Å². The van der Waals surface area contributed by atoms with Crippen LogP contribution in [0.4, 0.5) is 13.6 Å². The second-order valence-corrected chi connectivity index (χ2v) is 9.90. The highest BCUT2D eigenvalue weighted by Gasteiger charge is 2.42. The van der Waals surface area contributed by atoms with Crippen molar-refractivity contribution in [2.24, 2.45) is 4.40 Å². The van der Waals surface area contributed by atoms with Crippen LogP contribution in [-0.4, -0.2) is 73.8 Å². The molecule has 0 saturated carbocycles. The SMILES string of the molecule is COC[C@H](c1cnn2cc(/C=N/[S@@+]([O-])C(C)(C)C)nc2c1)N1CC(F)(F)CNC1=O. The first-order chi connectivity index (χ1) is 14.0. The van der Waals surface area contributed by atoms with E-state index in [0.717, 1.165) is 4.90 Å². The summed E-state index contributed by atoms with van der Waals surface area (Å²) in [5, 5.41) is 6.46. The smallest absolute Gasteiger partial charge is 0.318 e. The van der Waals surface area contributed by atoms with E-state index < -0.39 is 47.2 Å². The summed E-state index contributed by atoms with van der Waals surface area (Å²) in [5.74, 6) is -3.04. The Kier molecular flexibility index (Phi) is 6.29. The van der Waals surface area contributed by atoms with Gasteiger partial charge in [0.15, 0.2) is 5.65 Å². The maximum atomic E-state index is 13.9. The molecule has 0 aliphatic carbocycles. The average molecular weight is 442 g/mol. The minimum Gasteiger partial charge on any atom is -0.591 e. The Morgan fingerprint density at radius 1 is 1.50 bits per heavy atom. The van der Waals surface area contributed by atoms with Gasteiger partial charge < -0.3 is 19.5 Å². The van der Waals surface area contributed by atoms with Gasteiger partial charge in [-0.15, -0.1) is 0 Å². The Balaban J connectivity index is 1.89. The van der Waals surface area contributed by atoms with E-state index in [-0.39, 0.29) is 6.61 Å². The number of amides is 2. The van der Waals surface area contributed by atoms with E-state index in [9.17, 15) is 18.1 Å². The minimum atomic E-state index is -3.04. The topological polar surface area (TPSA) is 107 Å². The van der Waals surface area contributed by atoms with Crippen LogP contribution in [0.5, 0.6) is 0 Å². The van der Waals surface area contributed by atoms with Gasteiger partial charge >= 0.3 is 6.03 Å². The second-order valence-electron chi connectivity index (χ2n) is 7.97. The Hall–Kier alpha value is -2.31. The lowest BCUT2D eigenvalue weighted by Gasteiger charge is -2.38. The third kappa shape index (κ3) is 5.05. The molecule has 0 radical (unpaired) electrons. The molecule has 1 aliphatic heterocycles. The van der Waals surface area contributed by atoms with E-state index in [1.54, 1.807) is 12.3 Å². The molecule has 2 amide bonds. The Bertz CT molecular complexity index is 946. The summed E-state index contributed by atoms with van der Waals surface area (Å²) in [6.07, 6.45) is 4.49. The number of alkyl halides is 2. The highest BCUT2D eigenvalue weighted by atomic mass is 32.2. The molecule has 0 aromatic carbocycles. The normalized spacial score (nSPS) is 19.3. The van der Waals surface area contributed by atoms with Crippen LogP contribution in [0.25, 0.3) is 5.65 Å². The van der Waals surface area contributed by atoms with Crippen molar-refractivity contribution in [3.8, 4) is 0 Å². The number of nitrogens with one attached hydrogen (secondary N) is 1. The summed E-state index contributed by atoms with van der Waals surface area (Å²) in [6, 6.07) is 0.291. The fourth-order valence-electron chi connectivity index (χ4n) is 2.87. The molecule has 9 nitrogen and oxygen atoms in total. The van der Waals surface area contributed by atoms with E-state index in [0.29, 0.717) is 16.9 Å². The van der Waals surface area contributed by atoms with Gasteiger partial charge in [0.25, 0.3) is 5.92 Å². The molecule has 3 rings (SSSR count).